The molecular formula is C23H18ClFN2O4. The van der Waals surface area contributed by atoms with Crippen LogP contribution in [0.25, 0.3) is 11.3 Å². The largest absolute Gasteiger partial charge is 0.507 e. The van der Waals surface area contributed by atoms with Crippen molar-refractivity contribution >= 4 is 11.6 Å². The van der Waals surface area contributed by atoms with E-state index in [1.807, 2.05) is 12.1 Å². The second-order valence-corrected chi connectivity index (χ2v) is 6.94. The van der Waals surface area contributed by atoms with Crippen molar-refractivity contribution in [3.05, 3.63) is 83.3 Å². The van der Waals surface area contributed by atoms with Gasteiger partial charge in [0, 0.05) is 17.2 Å². The molecule has 4 aromatic rings. The van der Waals surface area contributed by atoms with Gasteiger partial charge in [-0.15, -0.1) is 0 Å². The average Bonchev–Trinajstić information content (AvgIpc) is 3.21. The minimum atomic E-state index is -0.455. The van der Waals surface area contributed by atoms with E-state index in [9.17, 15) is 9.50 Å². The minimum Gasteiger partial charge on any atom is -0.507 e. The first kappa shape index (κ1) is 20.6. The molecule has 0 aliphatic carbocycles. The van der Waals surface area contributed by atoms with Gasteiger partial charge in [0.05, 0.1) is 18.3 Å². The van der Waals surface area contributed by atoms with Crippen LogP contribution in [0.2, 0.25) is 5.02 Å². The Bertz CT molecular complexity index is 1190. The first-order valence-corrected chi connectivity index (χ1v) is 9.68. The van der Waals surface area contributed by atoms with Gasteiger partial charge in [0.2, 0.25) is 0 Å². The molecule has 0 bridgehead atoms. The van der Waals surface area contributed by atoms with Crippen LogP contribution in [0.4, 0.5) is 4.39 Å². The van der Waals surface area contributed by atoms with E-state index >= 15 is 0 Å². The van der Waals surface area contributed by atoms with Crippen LogP contribution in [-0.4, -0.2) is 22.4 Å². The average molecular weight is 441 g/mol. The molecule has 0 unspecified atom stereocenters. The lowest BCUT2D eigenvalue weighted by Gasteiger charge is -2.12. The van der Waals surface area contributed by atoms with E-state index in [4.69, 9.17) is 25.8 Å². The molecule has 31 heavy (non-hydrogen) atoms. The van der Waals surface area contributed by atoms with Crippen LogP contribution < -0.4 is 14.2 Å². The number of hydrogen-bond acceptors (Lipinski definition) is 5. The Labute approximate surface area is 182 Å². The monoisotopic (exact) mass is 440 g/mol. The summed E-state index contributed by atoms with van der Waals surface area (Å²) in [6.45, 7) is -0.0729. The number of nitrogens with one attached hydrogen (secondary N) is 1. The normalized spacial score (nSPS) is 10.7. The lowest BCUT2D eigenvalue weighted by atomic mass is 10.1. The second-order valence-electron chi connectivity index (χ2n) is 6.53. The number of nitrogens with zero attached hydrogens (tertiary/aromatic N) is 1. The number of methoxy groups -OCH3 is 1. The van der Waals surface area contributed by atoms with Crippen LogP contribution in [-0.2, 0) is 6.61 Å². The van der Waals surface area contributed by atoms with Gasteiger partial charge in [0.25, 0.3) is 0 Å². The molecule has 0 radical (unpaired) electrons. The second kappa shape index (κ2) is 8.97. The highest BCUT2D eigenvalue weighted by molar-refractivity contribution is 6.31. The quantitative estimate of drug-likeness (QED) is 0.371. The van der Waals surface area contributed by atoms with Crippen LogP contribution in [0.15, 0.2) is 66.9 Å². The Balaban J connectivity index is 1.55. The van der Waals surface area contributed by atoms with Gasteiger partial charge in [-0.1, -0.05) is 29.8 Å². The summed E-state index contributed by atoms with van der Waals surface area (Å²) in [6, 6.07) is 16.4. The lowest BCUT2D eigenvalue weighted by Crippen LogP contribution is -1.99. The van der Waals surface area contributed by atoms with Gasteiger partial charge in [-0.3, -0.25) is 5.10 Å². The van der Waals surface area contributed by atoms with Crippen LogP contribution >= 0.6 is 11.6 Å². The fraction of sp³-hybridized carbons (Fsp3) is 0.0870. The summed E-state index contributed by atoms with van der Waals surface area (Å²) < 4.78 is 30.7. The number of benzene rings is 3. The maximum atomic E-state index is 13.9. The molecule has 6 nitrogen and oxygen atoms in total. The predicted molar refractivity (Wildman–Crippen MR) is 114 cm³/mol. The lowest BCUT2D eigenvalue weighted by molar-refractivity contribution is 0.298. The molecular weight excluding hydrogens is 423 g/mol. The van der Waals surface area contributed by atoms with Crippen LogP contribution in [0.3, 0.4) is 0 Å². The minimum absolute atomic E-state index is 0.0637. The molecule has 0 fully saturated rings. The maximum Gasteiger partial charge on any atom is 0.173 e. The maximum absolute atomic E-state index is 13.9. The number of aromatic nitrogens is 2. The fourth-order valence-electron chi connectivity index (χ4n) is 3.01. The number of rotatable bonds is 7. The number of hydrogen-bond donors (Lipinski definition) is 2. The molecule has 1 aromatic heterocycles. The first-order valence-electron chi connectivity index (χ1n) is 9.30. The Morgan fingerprint density at radius 1 is 1.03 bits per heavy atom. The van der Waals surface area contributed by atoms with E-state index in [1.54, 1.807) is 37.4 Å². The zero-order valence-corrected chi connectivity index (χ0v) is 17.2. The summed E-state index contributed by atoms with van der Waals surface area (Å²) in [5.41, 5.74) is 1.18. The van der Waals surface area contributed by atoms with Crippen molar-refractivity contribution in [1.29, 1.82) is 0 Å². The van der Waals surface area contributed by atoms with Crippen molar-refractivity contribution in [2.24, 2.45) is 0 Å². The molecule has 0 aliphatic heterocycles. The zero-order chi connectivity index (χ0) is 21.8. The Hall–Kier alpha value is -3.71. The standard InChI is InChI=1S/C23H18ClFN2O4/c1-29-20-7-2-3-8-21(20)31-22-12-26-27-23(22)15-10-9-14(11-19(15)28)30-13-16-17(24)5-4-6-18(16)25/h2-12,28H,13H2,1H3,(H,26,27). The highest BCUT2D eigenvalue weighted by Gasteiger charge is 2.16. The van der Waals surface area contributed by atoms with Gasteiger partial charge >= 0.3 is 0 Å². The summed E-state index contributed by atoms with van der Waals surface area (Å²) in [6.07, 6.45) is 1.51. The number of phenols is 1. The smallest absolute Gasteiger partial charge is 0.173 e. The zero-order valence-electron chi connectivity index (χ0n) is 16.4. The number of aromatic amines is 1. The van der Waals surface area contributed by atoms with E-state index < -0.39 is 5.82 Å². The van der Waals surface area contributed by atoms with E-state index in [1.165, 1.54) is 24.4 Å². The van der Waals surface area contributed by atoms with Gasteiger partial charge in [-0.05, 0) is 36.4 Å². The van der Waals surface area contributed by atoms with E-state index in [-0.39, 0.29) is 22.9 Å². The molecule has 8 heteroatoms. The van der Waals surface area contributed by atoms with Gasteiger partial charge in [-0.2, -0.15) is 5.10 Å². The number of H-pyrrole nitrogens is 1. The van der Waals surface area contributed by atoms with E-state index in [0.717, 1.165) is 0 Å². The number of halogens is 2. The highest BCUT2D eigenvalue weighted by Crippen LogP contribution is 2.40. The molecule has 0 amide bonds. The number of aromatic hydroxyl groups is 1. The van der Waals surface area contributed by atoms with Crippen LogP contribution in [0, 0.1) is 5.82 Å². The molecule has 0 saturated heterocycles. The van der Waals surface area contributed by atoms with E-state index in [0.29, 0.717) is 34.3 Å². The Kier molecular flexibility index (Phi) is 5.95. The number of phenolic OH excluding ortho intramolecular Hbond substituents is 1. The van der Waals surface area contributed by atoms with Gasteiger partial charge in [-0.25, -0.2) is 4.39 Å². The van der Waals surface area contributed by atoms with Crippen LogP contribution in [0.1, 0.15) is 5.56 Å². The molecule has 2 N–H and O–H groups in total. The molecule has 0 aliphatic rings. The first-order chi connectivity index (χ1) is 15.1. The molecule has 1 heterocycles. The third-order valence-corrected chi connectivity index (χ3v) is 4.93. The third kappa shape index (κ3) is 4.41. The van der Waals surface area contributed by atoms with Gasteiger partial charge in [0.15, 0.2) is 17.2 Å². The van der Waals surface area contributed by atoms with Crippen molar-refractivity contribution in [3.8, 4) is 40.0 Å². The summed E-state index contributed by atoms with van der Waals surface area (Å²) >= 11 is 6.02. The van der Waals surface area contributed by atoms with Crippen molar-refractivity contribution in [2.75, 3.05) is 7.11 Å². The molecule has 0 spiro atoms. The molecule has 3 aromatic carbocycles. The van der Waals surface area contributed by atoms with Gasteiger partial charge < -0.3 is 19.3 Å². The molecule has 4 rings (SSSR count). The highest BCUT2D eigenvalue weighted by atomic mass is 35.5. The van der Waals surface area contributed by atoms with E-state index in [2.05, 4.69) is 10.2 Å². The van der Waals surface area contributed by atoms with Crippen molar-refractivity contribution in [1.82, 2.24) is 10.2 Å². The number of para-hydroxylation sites is 2. The summed E-state index contributed by atoms with van der Waals surface area (Å²) in [5.74, 6) is 1.32. The van der Waals surface area contributed by atoms with Gasteiger partial charge in [0.1, 0.15) is 29.6 Å². The summed E-state index contributed by atoms with van der Waals surface area (Å²) in [5, 5.41) is 17.7. The third-order valence-electron chi connectivity index (χ3n) is 4.58. The molecule has 0 saturated carbocycles. The van der Waals surface area contributed by atoms with Crippen molar-refractivity contribution in [2.45, 2.75) is 6.61 Å². The Morgan fingerprint density at radius 2 is 1.84 bits per heavy atom. The SMILES string of the molecule is COc1ccccc1Oc1cn[nH]c1-c1ccc(OCc2c(F)cccc2Cl)cc1O. The fourth-order valence-corrected chi connectivity index (χ4v) is 3.22. The molecule has 158 valence electrons. The topological polar surface area (TPSA) is 76.6 Å². The number of ether oxygens (including phenoxy) is 3. The Morgan fingerprint density at radius 3 is 2.58 bits per heavy atom. The predicted octanol–water partition coefficient (Wildman–Crippen LogP) is 5.95. The molecule has 0 atom stereocenters. The summed E-state index contributed by atoms with van der Waals surface area (Å²) in [4.78, 5) is 0. The van der Waals surface area contributed by atoms with Crippen molar-refractivity contribution in [3.63, 3.8) is 0 Å². The van der Waals surface area contributed by atoms with Crippen molar-refractivity contribution < 1.29 is 23.7 Å². The summed E-state index contributed by atoms with van der Waals surface area (Å²) in [7, 11) is 1.55. The van der Waals surface area contributed by atoms with Crippen LogP contribution in [0.5, 0.6) is 28.7 Å².